The number of ether oxygens (including phenoxy) is 4. The summed E-state index contributed by atoms with van der Waals surface area (Å²) in [5.74, 6) is 2.34. The summed E-state index contributed by atoms with van der Waals surface area (Å²) in [6, 6.07) is 18.0. The quantitative estimate of drug-likeness (QED) is 0.487. The van der Waals surface area contributed by atoms with E-state index in [4.69, 9.17) is 30.5 Å². The lowest BCUT2D eigenvalue weighted by atomic mass is 10.1. The third kappa shape index (κ3) is 4.11. The molecule has 0 saturated heterocycles. The van der Waals surface area contributed by atoms with Crippen molar-refractivity contribution >= 4 is 23.5 Å². The van der Waals surface area contributed by atoms with Gasteiger partial charge in [-0.2, -0.15) is 0 Å². The molecule has 0 bridgehead atoms. The van der Waals surface area contributed by atoms with Crippen LogP contribution < -0.4 is 18.9 Å². The van der Waals surface area contributed by atoms with Gasteiger partial charge in [-0.1, -0.05) is 23.7 Å². The van der Waals surface area contributed by atoms with Gasteiger partial charge in [-0.25, -0.2) is 0 Å². The molecule has 0 radical (unpaired) electrons. The summed E-state index contributed by atoms with van der Waals surface area (Å²) in [6.07, 6.45) is 1.66. The standard InChI is InChI=1S/C24H19ClO5/c1-27-18-7-6-16(21(12-18)28-2)11-23-24(26)20-9-8-19(13-22(20)30-23)29-14-15-4-3-5-17(25)10-15/h3-13H,14H2,1-2H3. The molecule has 1 heterocycles. The Morgan fingerprint density at radius 2 is 1.80 bits per heavy atom. The van der Waals surface area contributed by atoms with Crippen LogP contribution in [0.3, 0.4) is 0 Å². The smallest absolute Gasteiger partial charge is 0.231 e. The number of Topliss-reactive ketones (excluding diaryl/α,β-unsaturated/α-hetero) is 1. The first kappa shape index (κ1) is 19.9. The maximum absolute atomic E-state index is 12.7. The minimum atomic E-state index is -0.190. The number of carbonyl (C=O) groups excluding carboxylic acids is 1. The fourth-order valence-corrected chi connectivity index (χ4v) is 3.34. The predicted molar refractivity (Wildman–Crippen MR) is 115 cm³/mol. The summed E-state index contributed by atoms with van der Waals surface area (Å²) in [4.78, 5) is 12.7. The number of hydrogen-bond acceptors (Lipinski definition) is 5. The number of methoxy groups -OCH3 is 2. The molecule has 1 aliphatic heterocycles. The first-order valence-electron chi connectivity index (χ1n) is 9.25. The Morgan fingerprint density at radius 1 is 0.967 bits per heavy atom. The lowest BCUT2D eigenvalue weighted by Gasteiger charge is -2.08. The molecular weight excluding hydrogens is 404 g/mol. The average Bonchev–Trinajstić information content (AvgIpc) is 3.07. The molecule has 0 aromatic heterocycles. The summed E-state index contributed by atoms with van der Waals surface area (Å²) in [6.45, 7) is 0.360. The highest BCUT2D eigenvalue weighted by Gasteiger charge is 2.28. The number of benzene rings is 3. The maximum Gasteiger partial charge on any atom is 0.231 e. The second-order valence-electron chi connectivity index (χ2n) is 6.62. The van der Waals surface area contributed by atoms with Crippen LogP contribution in [0.1, 0.15) is 21.5 Å². The van der Waals surface area contributed by atoms with Gasteiger partial charge in [0.25, 0.3) is 0 Å². The van der Waals surface area contributed by atoms with Crippen LogP contribution in [-0.2, 0) is 6.61 Å². The number of rotatable bonds is 6. The molecule has 3 aromatic rings. The number of carbonyl (C=O) groups is 1. The fourth-order valence-electron chi connectivity index (χ4n) is 3.13. The van der Waals surface area contributed by atoms with Crippen molar-refractivity contribution in [2.45, 2.75) is 6.61 Å². The van der Waals surface area contributed by atoms with Gasteiger partial charge in [0.2, 0.25) is 5.78 Å². The third-order valence-electron chi connectivity index (χ3n) is 4.66. The number of hydrogen-bond donors (Lipinski definition) is 0. The molecule has 0 fully saturated rings. The SMILES string of the molecule is COc1ccc(C=C2Oc3cc(OCc4cccc(Cl)c4)ccc3C2=O)c(OC)c1. The van der Waals surface area contributed by atoms with Crippen LogP contribution in [0.15, 0.2) is 66.4 Å². The highest BCUT2D eigenvalue weighted by Crippen LogP contribution is 2.36. The van der Waals surface area contributed by atoms with Crippen molar-refractivity contribution in [1.82, 2.24) is 0 Å². The van der Waals surface area contributed by atoms with Gasteiger partial charge < -0.3 is 18.9 Å². The van der Waals surface area contributed by atoms with Crippen LogP contribution in [0.25, 0.3) is 6.08 Å². The summed E-state index contributed by atoms with van der Waals surface area (Å²) in [7, 11) is 3.14. The van der Waals surface area contributed by atoms with E-state index < -0.39 is 0 Å². The van der Waals surface area contributed by atoms with E-state index in [0.29, 0.717) is 45.8 Å². The summed E-state index contributed by atoms with van der Waals surface area (Å²) >= 11 is 6.01. The van der Waals surface area contributed by atoms with Crippen molar-refractivity contribution in [3.05, 3.63) is 88.1 Å². The van der Waals surface area contributed by atoms with Crippen molar-refractivity contribution in [1.29, 1.82) is 0 Å². The van der Waals surface area contributed by atoms with E-state index in [9.17, 15) is 4.79 Å². The van der Waals surface area contributed by atoms with Crippen LogP contribution in [0, 0.1) is 0 Å². The van der Waals surface area contributed by atoms with Gasteiger partial charge in [-0.15, -0.1) is 0 Å². The lowest BCUT2D eigenvalue weighted by Crippen LogP contribution is -1.99. The molecule has 1 aliphatic rings. The zero-order valence-corrected chi connectivity index (χ0v) is 17.2. The largest absolute Gasteiger partial charge is 0.497 e. The van der Waals surface area contributed by atoms with Crippen molar-refractivity contribution in [2.24, 2.45) is 0 Å². The number of fused-ring (bicyclic) bond motifs is 1. The third-order valence-corrected chi connectivity index (χ3v) is 4.90. The summed E-state index contributed by atoms with van der Waals surface area (Å²) in [5, 5.41) is 0.655. The van der Waals surface area contributed by atoms with E-state index in [1.54, 1.807) is 50.6 Å². The minimum Gasteiger partial charge on any atom is -0.497 e. The average molecular weight is 423 g/mol. The summed E-state index contributed by atoms with van der Waals surface area (Å²) in [5.41, 5.74) is 2.16. The second kappa shape index (κ2) is 8.51. The van der Waals surface area contributed by atoms with Crippen molar-refractivity contribution < 1.29 is 23.7 Å². The topological polar surface area (TPSA) is 54.0 Å². The molecule has 6 heteroatoms. The Labute approximate surface area is 179 Å². The molecule has 0 saturated carbocycles. The number of halogens is 1. The first-order valence-corrected chi connectivity index (χ1v) is 9.63. The van der Waals surface area contributed by atoms with Crippen LogP contribution >= 0.6 is 11.6 Å². The highest BCUT2D eigenvalue weighted by atomic mass is 35.5. The monoisotopic (exact) mass is 422 g/mol. The first-order chi connectivity index (χ1) is 14.6. The van der Waals surface area contributed by atoms with E-state index in [1.807, 2.05) is 30.3 Å². The molecule has 0 unspecified atom stereocenters. The lowest BCUT2D eigenvalue weighted by molar-refractivity contribution is 0.101. The van der Waals surface area contributed by atoms with Gasteiger partial charge >= 0.3 is 0 Å². The molecule has 0 amide bonds. The van der Waals surface area contributed by atoms with Gasteiger partial charge in [0.15, 0.2) is 5.76 Å². The second-order valence-corrected chi connectivity index (χ2v) is 7.06. The summed E-state index contributed by atoms with van der Waals surface area (Å²) < 4.78 is 22.2. The normalized spacial score (nSPS) is 13.7. The molecule has 0 spiro atoms. The van der Waals surface area contributed by atoms with Crippen LogP contribution in [0.5, 0.6) is 23.0 Å². The van der Waals surface area contributed by atoms with Crippen molar-refractivity contribution in [3.8, 4) is 23.0 Å². The van der Waals surface area contributed by atoms with E-state index in [0.717, 1.165) is 5.56 Å². The number of allylic oxidation sites excluding steroid dienone is 1. The molecule has 4 rings (SSSR count). The van der Waals surface area contributed by atoms with E-state index in [1.165, 1.54) is 0 Å². The molecule has 30 heavy (non-hydrogen) atoms. The molecular formula is C24H19ClO5. The zero-order valence-electron chi connectivity index (χ0n) is 16.5. The molecule has 5 nitrogen and oxygen atoms in total. The molecule has 3 aromatic carbocycles. The molecule has 0 atom stereocenters. The Hall–Kier alpha value is -3.44. The Kier molecular flexibility index (Phi) is 5.63. The molecule has 0 N–H and O–H groups in total. The minimum absolute atomic E-state index is 0.190. The fraction of sp³-hybridized carbons (Fsp3) is 0.125. The van der Waals surface area contributed by atoms with Crippen LogP contribution in [-0.4, -0.2) is 20.0 Å². The zero-order chi connectivity index (χ0) is 21.1. The van der Waals surface area contributed by atoms with E-state index in [-0.39, 0.29) is 11.5 Å². The highest BCUT2D eigenvalue weighted by molar-refractivity contribution is 6.30. The van der Waals surface area contributed by atoms with E-state index >= 15 is 0 Å². The Morgan fingerprint density at radius 3 is 2.57 bits per heavy atom. The van der Waals surface area contributed by atoms with Crippen LogP contribution in [0.2, 0.25) is 5.02 Å². The Balaban J connectivity index is 1.54. The van der Waals surface area contributed by atoms with Gasteiger partial charge in [-0.3, -0.25) is 4.79 Å². The van der Waals surface area contributed by atoms with Gasteiger partial charge in [0.05, 0.1) is 19.8 Å². The predicted octanol–water partition coefficient (Wildman–Crippen LogP) is 5.55. The van der Waals surface area contributed by atoms with Gasteiger partial charge in [-0.05, 0) is 48.0 Å². The number of ketones is 1. The van der Waals surface area contributed by atoms with Crippen LogP contribution in [0.4, 0.5) is 0 Å². The maximum atomic E-state index is 12.7. The Bertz CT molecular complexity index is 1140. The van der Waals surface area contributed by atoms with E-state index in [2.05, 4.69) is 0 Å². The molecule has 152 valence electrons. The van der Waals surface area contributed by atoms with Crippen molar-refractivity contribution in [3.63, 3.8) is 0 Å². The van der Waals surface area contributed by atoms with Gasteiger partial charge in [0, 0.05) is 22.7 Å². The molecule has 0 aliphatic carbocycles. The van der Waals surface area contributed by atoms with Gasteiger partial charge in [0.1, 0.15) is 29.6 Å². The van der Waals surface area contributed by atoms with Crippen molar-refractivity contribution in [2.75, 3.05) is 14.2 Å².